The summed E-state index contributed by atoms with van der Waals surface area (Å²) in [4.78, 5) is 10.0. The number of carbonyl (C=O) groups is 1. The predicted molar refractivity (Wildman–Crippen MR) is 67.0 cm³/mol. The fraction of sp³-hybridized carbons (Fsp3) is 0.917. The van der Waals surface area contributed by atoms with Crippen molar-refractivity contribution in [2.24, 2.45) is 0 Å². The maximum absolute atomic E-state index is 10.0. The molecule has 3 nitrogen and oxygen atoms in total. The molecule has 0 aromatic rings. The minimum absolute atomic E-state index is 0. The van der Waals surface area contributed by atoms with E-state index >= 15 is 0 Å². The van der Waals surface area contributed by atoms with Crippen LogP contribution >= 0.6 is 0 Å². The monoisotopic (exact) mass is 354 g/mol. The van der Waals surface area contributed by atoms with Crippen molar-refractivity contribution in [2.75, 3.05) is 6.61 Å². The van der Waals surface area contributed by atoms with Crippen LogP contribution in [0.15, 0.2) is 0 Å². The maximum atomic E-state index is 10.0. The fourth-order valence-corrected chi connectivity index (χ4v) is 1.57. The molecular weight excluding hydrogens is 329 g/mol. The van der Waals surface area contributed by atoms with Gasteiger partial charge in [-0.2, -0.15) is 0 Å². The molecule has 0 amide bonds. The number of rotatable bonds is 10. The van der Waals surface area contributed by atoms with Crippen LogP contribution in [0.25, 0.3) is 0 Å². The van der Waals surface area contributed by atoms with Gasteiger partial charge in [-0.25, -0.2) is 4.79 Å². The summed E-state index contributed by atoms with van der Waals surface area (Å²) in [6.45, 7) is 2.58. The molecule has 0 aliphatic heterocycles. The van der Waals surface area contributed by atoms with E-state index in [1.54, 1.807) is 0 Å². The predicted octanol–water partition coefficient (Wildman–Crippen LogP) is 3.83. The number of unbranched alkanes of at least 4 members (excludes halogenated alkanes) is 8. The van der Waals surface area contributed by atoms with Crippen molar-refractivity contribution < 1.29 is 14.6 Å². The van der Waals surface area contributed by atoms with Crippen molar-refractivity contribution in [2.45, 2.75) is 64.7 Å². The molecule has 16 heavy (non-hydrogen) atoms. The van der Waals surface area contributed by atoms with Gasteiger partial charge in [0.15, 0.2) is 0 Å². The van der Waals surface area contributed by atoms with Crippen LogP contribution in [0.4, 0.5) is 4.79 Å². The van der Waals surface area contributed by atoms with Crippen LogP contribution in [0.1, 0.15) is 64.7 Å². The molecule has 0 atom stereocenters. The molecule has 92 valence electrons. The van der Waals surface area contributed by atoms with Gasteiger partial charge in [-0.05, 0) is 6.42 Å². The summed E-state index contributed by atoms with van der Waals surface area (Å²) in [7, 11) is 0. The van der Waals surface area contributed by atoms with Gasteiger partial charge in [-0.1, -0.05) is 58.3 Å². The van der Waals surface area contributed by atoms with Gasteiger partial charge in [-0.15, -0.1) is 0 Å². The molecule has 0 aromatic carbocycles. The van der Waals surface area contributed by atoms with E-state index in [0.717, 1.165) is 12.8 Å². The van der Waals surface area contributed by atoms with Gasteiger partial charge in [0.25, 0.3) is 0 Å². The zero-order chi connectivity index (χ0) is 11.4. The Labute approximate surface area is 139 Å². The smallest absolute Gasteiger partial charge is 0.450 e. The van der Waals surface area contributed by atoms with Gasteiger partial charge in [0.1, 0.15) is 0 Å². The Hall–Kier alpha value is 0.841. The average Bonchev–Trinajstić information content (AvgIpc) is 2.20. The first-order valence-corrected chi connectivity index (χ1v) is 6.13. The van der Waals surface area contributed by atoms with Gasteiger partial charge in [-0.3, -0.25) is 0 Å². The molecule has 0 saturated carbocycles. The Kier molecular flexibility index (Phi) is 19.0. The minimum atomic E-state index is -1.16. The van der Waals surface area contributed by atoms with E-state index in [4.69, 9.17) is 5.11 Å². The van der Waals surface area contributed by atoms with Gasteiger partial charge in [0.05, 0.1) is 6.61 Å². The number of carboxylic acid groups (broad SMARTS) is 1. The largest absolute Gasteiger partial charge is 0.505 e. The Morgan fingerprint density at radius 2 is 1.38 bits per heavy atom. The van der Waals surface area contributed by atoms with E-state index in [1.807, 2.05) is 0 Å². The van der Waals surface area contributed by atoms with Crippen LogP contribution in [0.5, 0.6) is 0 Å². The summed E-state index contributed by atoms with van der Waals surface area (Å²) < 4.78 is 4.42. The summed E-state index contributed by atoms with van der Waals surface area (Å²) in [6, 6.07) is 0. The van der Waals surface area contributed by atoms with Crippen molar-refractivity contribution >= 4 is 55.0 Å². The van der Waals surface area contributed by atoms with Gasteiger partial charge < -0.3 is 9.84 Å². The van der Waals surface area contributed by atoms with Crippen molar-refractivity contribution in [1.29, 1.82) is 0 Å². The summed E-state index contributed by atoms with van der Waals surface area (Å²) in [6.07, 6.45) is 9.94. The van der Waals surface area contributed by atoms with Crippen LogP contribution in [-0.2, 0) is 4.74 Å². The molecule has 0 aliphatic carbocycles. The van der Waals surface area contributed by atoms with Crippen molar-refractivity contribution in [3.63, 3.8) is 0 Å². The molecule has 0 unspecified atom stereocenters. The van der Waals surface area contributed by atoms with E-state index in [9.17, 15) is 4.79 Å². The zero-order valence-electron chi connectivity index (χ0n) is 10.5. The first-order chi connectivity index (χ1) is 7.27. The number of hydrogen-bond acceptors (Lipinski definition) is 2. The SMILES string of the molecule is CCCCCCCCCCCOC(=O)O.[Ba]. The third-order valence-corrected chi connectivity index (χ3v) is 2.47. The summed E-state index contributed by atoms with van der Waals surface area (Å²) in [5.41, 5.74) is 0. The third-order valence-electron chi connectivity index (χ3n) is 2.47. The Morgan fingerprint density at radius 3 is 1.81 bits per heavy atom. The van der Waals surface area contributed by atoms with Crippen LogP contribution in [0.3, 0.4) is 0 Å². The quantitative estimate of drug-likeness (QED) is 0.369. The fourth-order valence-electron chi connectivity index (χ4n) is 1.57. The zero-order valence-corrected chi connectivity index (χ0v) is 15.0. The summed E-state index contributed by atoms with van der Waals surface area (Å²) >= 11 is 0. The summed E-state index contributed by atoms with van der Waals surface area (Å²) in [5, 5.41) is 8.21. The van der Waals surface area contributed by atoms with E-state index in [1.165, 1.54) is 44.9 Å². The first kappa shape index (κ1) is 19.2. The maximum Gasteiger partial charge on any atom is 0.505 e. The van der Waals surface area contributed by atoms with Crippen LogP contribution in [-0.4, -0.2) is 66.7 Å². The molecule has 2 radical (unpaired) electrons. The van der Waals surface area contributed by atoms with Gasteiger partial charge in [0.2, 0.25) is 0 Å². The minimum Gasteiger partial charge on any atom is -0.450 e. The second kappa shape index (κ2) is 15.8. The van der Waals surface area contributed by atoms with Crippen molar-refractivity contribution in [1.82, 2.24) is 0 Å². The standard InChI is InChI=1S/C12H24O3.Ba/c1-2-3-4-5-6-7-8-9-10-11-15-12(13)14;/h2-11H2,1H3,(H,13,14);. The molecule has 0 spiro atoms. The van der Waals surface area contributed by atoms with Gasteiger partial charge >= 0.3 is 6.16 Å². The summed E-state index contributed by atoms with van der Waals surface area (Å²) in [5.74, 6) is 0. The van der Waals surface area contributed by atoms with E-state index in [2.05, 4.69) is 11.7 Å². The van der Waals surface area contributed by atoms with Crippen LogP contribution in [0, 0.1) is 0 Å². The Morgan fingerprint density at radius 1 is 0.938 bits per heavy atom. The van der Waals surface area contributed by atoms with Crippen LogP contribution in [0.2, 0.25) is 0 Å². The molecule has 0 fully saturated rings. The molecule has 4 heteroatoms. The number of ether oxygens (including phenoxy) is 1. The van der Waals surface area contributed by atoms with Gasteiger partial charge in [0, 0.05) is 48.9 Å². The Balaban J connectivity index is 0. The van der Waals surface area contributed by atoms with E-state index in [-0.39, 0.29) is 48.9 Å². The molecule has 0 rings (SSSR count). The van der Waals surface area contributed by atoms with E-state index in [0.29, 0.717) is 6.61 Å². The third kappa shape index (κ3) is 17.2. The molecular formula is C12H24BaO3. The normalized spacial score (nSPS) is 9.56. The second-order valence-corrected chi connectivity index (χ2v) is 3.94. The topological polar surface area (TPSA) is 46.5 Å². The Bertz CT molecular complexity index is 151. The molecule has 0 bridgehead atoms. The molecule has 0 aromatic heterocycles. The molecule has 0 aliphatic rings. The van der Waals surface area contributed by atoms with E-state index < -0.39 is 6.16 Å². The van der Waals surface area contributed by atoms with Crippen LogP contribution < -0.4 is 0 Å². The second-order valence-electron chi connectivity index (χ2n) is 3.94. The molecule has 0 heterocycles. The average molecular weight is 354 g/mol. The first-order valence-electron chi connectivity index (χ1n) is 6.13. The molecule has 1 N–H and O–H groups in total. The molecule has 0 saturated heterocycles. The van der Waals surface area contributed by atoms with Crippen molar-refractivity contribution in [3.05, 3.63) is 0 Å². The van der Waals surface area contributed by atoms with Crippen molar-refractivity contribution in [3.8, 4) is 0 Å². The number of hydrogen-bond donors (Lipinski definition) is 1.